The van der Waals surface area contributed by atoms with Crippen LogP contribution < -0.4 is 10.6 Å². The molecule has 176 valence electrons. The Balaban J connectivity index is 1.52. The Labute approximate surface area is 196 Å². The highest BCUT2D eigenvalue weighted by molar-refractivity contribution is 6.99. The number of aliphatic hydroxyl groups is 1. The lowest BCUT2D eigenvalue weighted by Crippen LogP contribution is -2.29. The van der Waals surface area contributed by atoms with Crippen LogP contribution in [0.1, 0.15) is 67.3 Å². The van der Waals surface area contributed by atoms with Crippen molar-refractivity contribution in [1.29, 1.82) is 0 Å². The number of carbonyl (C=O) groups is 1. The first-order valence-electron chi connectivity index (χ1n) is 11.1. The quantitative estimate of drug-likeness (QED) is 0.355. The summed E-state index contributed by atoms with van der Waals surface area (Å²) in [6.45, 7) is 7.02. The summed E-state index contributed by atoms with van der Waals surface area (Å²) in [6.07, 6.45) is 2.57. The molecule has 1 amide bonds. The van der Waals surface area contributed by atoms with E-state index < -0.39 is 6.10 Å². The van der Waals surface area contributed by atoms with Crippen molar-refractivity contribution in [1.82, 2.24) is 13.6 Å². The Morgan fingerprint density at radius 3 is 2.79 bits per heavy atom. The number of aliphatic hydroxyl groups excluding tert-OH is 1. The lowest BCUT2D eigenvalue weighted by Gasteiger charge is -2.18. The summed E-state index contributed by atoms with van der Waals surface area (Å²) in [5.41, 5.74) is 1.66. The van der Waals surface area contributed by atoms with Gasteiger partial charge in [-0.3, -0.25) is 4.79 Å². The Hall–Kier alpha value is -3.11. The predicted molar refractivity (Wildman–Crippen MR) is 127 cm³/mol. The molecular formula is C23H29N5O4S. The van der Waals surface area contributed by atoms with Gasteiger partial charge in [0.2, 0.25) is 0 Å². The van der Waals surface area contributed by atoms with Gasteiger partial charge in [0.25, 0.3) is 5.91 Å². The van der Waals surface area contributed by atoms with E-state index in [0.29, 0.717) is 36.2 Å². The van der Waals surface area contributed by atoms with Crippen LogP contribution in [0.3, 0.4) is 0 Å². The summed E-state index contributed by atoms with van der Waals surface area (Å²) < 4.78 is 14.4. The number of phenols is 1. The number of nitrogens with one attached hydrogen (secondary N) is 2. The van der Waals surface area contributed by atoms with Crippen molar-refractivity contribution in [3.8, 4) is 5.75 Å². The summed E-state index contributed by atoms with van der Waals surface area (Å²) in [4.78, 5) is 14.3. The fourth-order valence-corrected chi connectivity index (χ4v) is 4.28. The van der Waals surface area contributed by atoms with Crippen molar-refractivity contribution in [2.24, 2.45) is 0 Å². The van der Waals surface area contributed by atoms with Crippen molar-refractivity contribution in [2.75, 3.05) is 23.7 Å². The molecule has 0 aliphatic carbocycles. The number of carbonyl (C=O) groups excluding carboxylic acids is 1. The Kier molecular flexibility index (Phi) is 6.85. The number of hydrogen-bond acceptors (Lipinski definition) is 9. The fraction of sp³-hybridized carbons (Fsp3) is 0.435. The predicted octanol–water partition coefficient (Wildman–Crippen LogP) is 4.47. The van der Waals surface area contributed by atoms with E-state index in [0.717, 1.165) is 29.5 Å². The van der Waals surface area contributed by atoms with Crippen LogP contribution in [-0.2, 0) is 0 Å². The first-order valence-corrected chi connectivity index (χ1v) is 11.8. The van der Waals surface area contributed by atoms with Crippen LogP contribution in [0.5, 0.6) is 5.75 Å². The molecule has 10 heteroatoms. The molecule has 3 heterocycles. The molecule has 1 fully saturated rings. The number of β-amino-alcohol motifs (C(OH)–C–C–N with tert-alkyl or cyclic N) is 1. The number of para-hydroxylation sites is 1. The molecule has 4 rings (SSSR count). The molecule has 1 aliphatic rings. The average Bonchev–Trinajstić information content (AvgIpc) is 3.54. The third-order valence-corrected chi connectivity index (χ3v) is 6.36. The van der Waals surface area contributed by atoms with E-state index in [2.05, 4.69) is 46.2 Å². The molecule has 0 bridgehead atoms. The third kappa shape index (κ3) is 4.96. The maximum absolute atomic E-state index is 12.8. The number of benzene rings is 1. The van der Waals surface area contributed by atoms with Gasteiger partial charge in [0, 0.05) is 13.1 Å². The van der Waals surface area contributed by atoms with E-state index in [1.807, 2.05) is 0 Å². The molecule has 2 aromatic heterocycles. The van der Waals surface area contributed by atoms with E-state index in [1.54, 1.807) is 29.4 Å². The summed E-state index contributed by atoms with van der Waals surface area (Å²) in [5.74, 6) is 1.71. The molecule has 1 unspecified atom stereocenters. The molecule has 2 atom stereocenters. The number of anilines is 3. The Morgan fingerprint density at radius 1 is 1.33 bits per heavy atom. The van der Waals surface area contributed by atoms with Crippen LogP contribution in [-0.4, -0.2) is 49.0 Å². The van der Waals surface area contributed by atoms with Crippen LogP contribution in [0.25, 0.3) is 0 Å². The van der Waals surface area contributed by atoms with Gasteiger partial charge in [0.15, 0.2) is 17.4 Å². The number of rotatable bonds is 8. The standard InChI is InChI=1S/C23H29N5O4S/c1-4-17(19-10-14(12-32-19)13(2)3)24-21-22(27-33-26-21)25-18-7-5-6-16(20(18)30)23(31)28-9-8-15(29)11-28/h5-7,10,12-13,15,17,29-30H,4,8-9,11H2,1-3H3,(H,24,26)(H,25,27)/t15-,17?/m1/s1. The molecule has 1 aromatic carbocycles. The second-order valence-corrected chi connectivity index (χ2v) is 9.05. The summed E-state index contributed by atoms with van der Waals surface area (Å²) >= 11 is 1.04. The average molecular weight is 472 g/mol. The topological polar surface area (TPSA) is 124 Å². The Bertz CT molecular complexity index is 1110. The summed E-state index contributed by atoms with van der Waals surface area (Å²) in [6, 6.07) is 6.90. The van der Waals surface area contributed by atoms with Gasteiger partial charge in [0.1, 0.15) is 5.76 Å². The zero-order valence-corrected chi connectivity index (χ0v) is 19.7. The minimum Gasteiger partial charge on any atom is -0.505 e. The molecular weight excluding hydrogens is 442 g/mol. The molecule has 1 aliphatic heterocycles. The number of aromatic nitrogens is 2. The largest absolute Gasteiger partial charge is 0.505 e. The fourth-order valence-electron chi connectivity index (χ4n) is 3.80. The van der Waals surface area contributed by atoms with Gasteiger partial charge in [-0.2, -0.15) is 8.75 Å². The molecule has 0 radical (unpaired) electrons. The normalized spacial score (nSPS) is 16.9. The number of hydrogen-bond donors (Lipinski definition) is 4. The van der Waals surface area contributed by atoms with E-state index in [4.69, 9.17) is 4.42 Å². The molecule has 33 heavy (non-hydrogen) atoms. The smallest absolute Gasteiger partial charge is 0.257 e. The van der Waals surface area contributed by atoms with Gasteiger partial charge in [-0.1, -0.05) is 26.8 Å². The minimum atomic E-state index is -0.524. The molecule has 9 nitrogen and oxygen atoms in total. The first kappa shape index (κ1) is 23.1. The maximum Gasteiger partial charge on any atom is 0.257 e. The second-order valence-electron chi connectivity index (χ2n) is 8.52. The lowest BCUT2D eigenvalue weighted by molar-refractivity contribution is 0.0762. The first-order chi connectivity index (χ1) is 15.9. The van der Waals surface area contributed by atoms with Crippen LogP contribution in [0, 0.1) is 0 Å². The SMILES string of the molecule is CCC(Nc1nsnc1Nc1cccc(C(=O)N2CC[C@@H](O)C2)c1O)c1cc(C(C)C)co1. The number of nitrogens with zero attached hydrogens (tertiary/aromatic N) is 3. The number of likely N-dealkylation sites (tertiary alicyclic amines) is 1. The van der Waals surface area contributed by atoms with Crippen LogP contribution in [0.4, 0.5) is 17.3 Å². The molecule has 0 spiro atoms. The summed E-state index contributed by atoms with van der Waals surface area (Å²) in [7, 11) is 0. The van der Waals surface area contributed by atoms with E-state index in [1.165, 1.54) is 0 Å². The van der Waals surface area contributed by atoms with Crippen molar-refractivity contribution in [3.63, 3.8) is 0 Å². The summed E-state index contributed by atoms with van der Waals surface area (Å²) in [5, 5.41) is 27.0. The van der Waals surface area contributed by atoms with Gasteiger partial charge in [-0.05, 0) is 42.5 Å². The van der Waals surface area contributed by atoms with Crippen LogP contribution >= 0.6 is 11.7 Å². The number of amides is 1. The molecule has 1 saturated heterocycles. The molecule has 4 N–H and O–H groups in total. The Morgan fingerprint density at radius 2 is 2.12 bits per heavy atom. The van der Waals surface area contributed by atoms with Crippen molar-refractivity contribution >= 4 is 35.0 Å². The zero-order valence-electron chi connectivity index (χ0n) is 18.9. The molecule has 0 saturated carbocycles. The van der Waals surface area contributed by atoms with Crippen molar-refractivity contribution in [2.45, 2.75) is 51.7 Å². The van der Waals surface area contributed by atoms with Gasteiger partial charge >= 0.3 is 0 Å². The van der Waals surface area contributed by atoms with E-state index in [9.17, 15) is 15.0 Å². The maximum atomic E-state index is 12.8. The zero-order chi connectivity index (χ0) is 23.5. The van der Waals surface area contributed by atoms with Crippen molar-refractivity contribution < 1.29 is 19.4 Å². The van der Waals surface area contributed by atoms with Gasteiger partial charge in [-0.25, -0.2) is 0 Å². The highest BCUT2D eigenvalue weighted by atomic mass is 32.1. The highest BCUT2D eigenvalue weighted by Crippen LogP contribution is 2.35. The lowest BCUT2D eigenvalue weighted by atomic mass is 10.1. The van der Waals surface area contributed by atoms with Crippen molar-refractivity contribution in [3.05, 3.63) is 47.4 Å². The number of phenolic OH excluding ortho intramolecular Hbond substituents is 1. The van der Waals surface area contributed by atoms with E-state index in [-0.39, 0.29) is 29.8 Å². The van der Waals surface area contributed by atoms with Gasteiger partial charge < -0.3 is 30.2 Å². The number of furan rings is 1. The van der Waals surface area contributed by atoms with E-state index >= 15 is 0 Å². The highest BCUT2D eigenvalue weighted by Gasteiger charge is 2.28. The third-order valence-electron chi connectivity index (χ3n) is 5.83. The van der Waals surface area contributed by atoms with Gasteiger partial charge in [-0.15, -0.1) is 0 Å². The number of aromatic hydroxyl groups is 1. The minimum absolute atomic E-state index is 0.0925. The van der Waals surface area contributed by atoms with Crippen LogP contribution in [0.2, 0.25) is 0 Å². The van der Waals surface area contributed by atoms with Gasteiger partial charge in [0.05, 0.1) is 41.4 Å². The van der Waals surface area contributed by atoms with Crippen LogP contribution in [0.15, 0.2) is 34.9 Å². The second kappa shape index (κ2) is 9.80. The monoisotopic (exact) mass is 471 g/mol. The molecule has 3 aromatic rings.